The number of aryl methyl sites for hydroxylation is 1. The fraction of sp³-hybridized carbons (Fsp3) is 0.200. The fourth-order valence-electron chi connectivity index (χ4n) is 1.68. The van der Waals surface area contributed by atoms with Gasteiger partial charge in [-0.25, -0.2) is 0 Å². The Hall–Kier alpha value is -1.36. The van der Waals surface area contributed by atoms with Crippen molar-refractivity contribution in [3.63, 3.8) is 0 Å². The standard InChI is InChI=1S/C10H9BrN2O2/c1-13-9-6(5-8(14)15)3-2-4-7(9)10(11)12-13/h2-4H,5H2,1H3,(H,14,15). The van der Waals surface area contributed by atoms with Crippen LogP contribution < -0.4 is 0 Å². The zero-order chi connectivity index (χ0) is 11.0. The summed E-state index contributed by atoms with van der Waals surface area (Å²) in [7, 11) is 1.80. The summed E-state index contributed by atoms with van der Waals surface area (Å²) in [4.78, 5) is 10.7. The molecular formula is C10H9BrN2O2. The number of aromatic nitrogens is 2. The molecule has 0 aliphatic carbocycles. The molecule has 0 aliphatic heterocycles. The van der Waals surface area contributed by atoms with Crippen molar-refractivity contribution in [1.82, 2.24) is 9.78 Å². The third kappa shape index (κ3) is 1.74. The van der Waals surface area contributed by atoms with Crippen LogP contribution in [0, 0.1) is 0 Å². The largest absolute Gasteiger partial charge is 0.481 e. The molecule has 2 rings (SSSR count). The van der Waals surface area contributed by atoms with Gasteiger partial charge < -0.3 is 5.11 Å². The Balaban J connectivity index is 2.69. The minimum Gasteiger partial charge on any atom is -0.481 e. The summed E-state index contributed by atoms with van der Waals surface area (Å²) in [5.41, 5.74) is 1.65. The van der Waals surface area contributed by atoms with Gasteiger partial charge in [0.15, 0.2) is 0 Å². The van der Waals surface area contributed by atoms with Crippen molar-refractivity contribution in [2.75, 3.05) is 0 Å². The Kier molecular flexibility index (Phi) is 2.48. The molecule has 0 saturated heterocycles. The lowest BCUT2D eigenvalue weighted by Crippen LogP contribution is -2.02. The number of fused-ring (bicyclic) bond motifs is 1. The third-order valence-electron chi connectivity index (χ3n) is 2.24. The molecule has 4 nitrogen and oxygen atoms in total. The van der Waals surface area contributed by atoms with Crippen molar-refractivity contribution in [2.24, 2.45) is 7.05 Å². The number of halogens is 1. The summed E-state index contributed by atoms with van der Waals surface area (Å²) in [6, 6.07) is 5.56. The van der Waals surface area contributed by atoms with E-state index >= 15 is 0 Å². The number of benzene rings is 1. The van der Waals surface area contributed by atoms with Gasteiger partial charge in [-0.1, -0.05) is 18.2 Å². The van der Waals surface area contributed by atoms with Crippen LogP contribution in [0.5, 0.6) is 0 Å². The van der Waals surface area contributed by atoms with Gasteiger partial charge in [-0.15, -0.1) is 0 Å². The van der Waals surface area contributed by atoms with Crippen LogP contribution >= 0.6 is 15.9 Å². The minimum atomic E-state index is -0.833. The lowest BCUT2D eigenvalue weighted by atomic mass is 10.1. The molecule has 15 heavy (non-hydrogen) atoms. The topological polar surface area (TPSA) is 55.1 Å². The maximum Gasteiger partial charge on any atom is 0.307 e. The fourth-order valence-corrected chi connectivity index (χ4v) is 2.24. The molecule has 1 heterocycles. The van der Waals surface area contributed by atoms with Crippen LogP contribution in [0.2, 0.25) is 0 Å². The molecule has 1 aromatic heterocycles. The predicted octanol–water partition coefficient (Wildman–Crippen LogP) is 1.96. The normalized spacial score (nSPS) is 10.8. The summed E-state index contributed by atoms with van der Waals surface area (Å²) in [6.07, 6.45) is 0.0172. The second-order valence-electron chi connectivity index (χ2n) is 3.30. The first-order valence-corrected chi connectivity index (χ1v) is 5.21. The van der Waals surface area contributed by atoms with E-state index in [2.05, 4.69) is 21.0 Å². The predicted molar refractivity (Wildman–Crippen MR) is 59.8 cm³/mol. The summed E-state index contributed by atoms with van der Waals surface area (Å²) in [5, 5.41) is 13.9. The second kappa shape index (κ2) is 3.66. The van der Waals surface area contributed by atoms with Gasteiger partial charge in [-0.2, -0.15) is 5.10 Å². The van der Waals surface area contributed by atoms with E-state index in [0.717, 1.165) is 21.1 Å². The summed E-state index contributed by atoms with van der Waals surface area (Å²) >= 11 is 3.34. The summed E-state index contributed by atoms with van der Waals surface area (Å²) < 4.78 is 2.43. The number of hydrogen-bond acceptors (Lipinski definition) is 2. The molecule has 0 amide bonds. The first-order valence-electron chi connectivity index (χ1n) is 4.41. The molecule has 0 bridgehead atoms. The van der Waals surface area contributed by atoms with Crippen molar-refractivity contribution in [2.45, 2.75) is 6.42 Å². The molecule has 0 radical (unpaired) electrons. The Morgan fingerprint density at radius 1 is 1.60 bits per heavy atom. The number of carboxylic acid groups (broad SMARTS) is 1. The highest BCUT2D eigenvalue weighted by molar-refractivity contribution is 9.10. The van der Waals surface area contributed by atoms with E-state index in [9.17, 15) is 4.79 Å². The number of hydrogen-bond donors (Lipinski definition) is 1. The Morgan fingerprint density at radius 2 is 2.33 bits per heavy atom. The van der Waals surface area contributed by atoms with Crippen LogP contribution in [0.15, 0.2) is 22.8 Å². The summed E-state index contributed by atoms with van der Waals surface area (Å²) in [5.74, 6) is -0.833. The molecule has 0 atom stereocenters. The molecule has 1 N–H and O–H groups in total. The number of para-hydroxylation sites is 1. The van der Waals surface area contributed by atoms with Gasteiger partial charge in [0, 0.05) is 12.4 Å². The van der Waals surface area contributed by atoms with Crippen LogP contribution in [0.1, 0.15) is 5.56 Å². The van der Waals surface area contributed by atoms with E-state index in [1.165, 1.54) is 0 Å². The average Bonchev–Trinajstić information content (AvgIpc) is 2.43. The highest BCUT2D eigenvalue weighted by Gasteiger charge is 2.11. The maximum absolute atomic E-state index is 10.7. The first-order chi connectivity index (χ1) is 7.09. The monoisotopic (exact) mass is 268 g/mol. The highest BCUT2D eigenvalue weighted by Crippen LogP contribution is 2.25. The van der Waals surface area contributed by atoms with E-state index in [1.54, 1.807) is 11.7 Å². The van der Waals surface area contributed by atoms with Gasteiger partial charge in [0.2, 0.25) is 0 Å². The van der Waals surface area contributed by atoms with Crippen LogP contribution in [0.4, 0.5) is 0 Å². The SMILES string of the molecule is Cn1nc(Br)c2cccc(CC(=O)O)c21. The summed E-state index contributed by atoms with van der Waals surface area (Å²) in [6.45, 7) is 0. The second-order valence-corrected chi connectivity index (χ2v) is 4.05. The zero-order valence-corrected chi connectivity index (χ0v) is 9.65. The van der Waals surface area contributed by atoms with Gasteiger partial charge >= 0.3 is 5.97 Å². The Bertz CT molecular complexity index is 533. The number of carboxylic acids is 1. The van der Waals surface area contributed by atoms with E-state index < -0.39 is 5.97 Å². The number of rotatable bonds is 2. The molecule has 2 aromatic rings. The van der Waals surface area contributed by atoms with Crippen molar-refractivity contribution in [3.05, 3.63) is 28.4 Å². The van der Waals surface area contributed by atoms with Crippen molar-refractivity contribution in [1.29, 1.82) is 0 Å². The van der Waals surface area contributed by atoms with Crippen LogP contribution in [-0.4, -0.2) is 20.9 Å². The van der Waals surface area contributed by atoms with E-state index in [1.807, 2.05) is 18.2 Å². The molecule has 5 heteroatoms. The van der Waals surface area contributed by atoms with Gasteiger partial charge in [-0.05, 0) is 21.5 Å². The van der Waals surface area contributed by atoms with E-state index in [0.29, 0.717) is 0 Å². The molecular weight excluding hydrogens is 260 g/mol. The molecule has 0 unspecified atom stereocenters. The quantitative estimate of drug-likeness (QED) is 0.906. The molecule has 0 fully saturated rings. The lowest BCUT2D eigenvalue weighted by molar-refractivity contribution is -0.136. The van der Waals surface area contributed by atoms with Gasteiger partial charge in [0.05, 0.1) is 11.9 Å². The van der Waals surface area contributed by atoms with Crippen molar-refractivity contribution in [3.8, 4) is 0 Å². The van der Waals surface area contributed by atoms with Gasteiger partial charge in [-0.3, -0.25) is 9.48 Å². The van der Waals surface area contributed by atoms with Crippen LogP contribution in [-0.2, 0) is 18.3 Å². The molecule has 0 aliphatic rings. The average molecular weight is 269 g/mol. The van der Waals surface area contributed by atoms with Crippen molar-refractivity contribution >= 4 is 32.8 Å². The number of aliphatic carboxylic acids is 1. The highest BCUT2D eigenvalue weighted by atomic mass is 79.9. The van der Waals surface area contributed by atoms with Gasteiger partial charge in [0.25, 0.3) is 0 Å². The molecule has 1 aromatic carbocycles. The molecule has 0 spiro atoms. The number of carbonyl (C=O) groups is 1. The molecule has 0 saturated carbocycles. The smallest absolute Gasteiger partial charge is 0.307 e. The maximum atomic E-state index is 10.7. The Morgan fingerprint density at radius 3 is 3.00 bits per heavy atom. The number of nitrogens with zero attached hydrogens (tertiary/aromatic N) is 2. The first kappa shape index (κ1) is 10.2. The van der Waals surface area contributed by atoms with Crippen LogP contribution in [0.3, 0.4) is 0 Å². The lowest BCUT2D eigenvalue weighted by Gasteiger charge is -2.01. The minimum absolute atomic E-state index is 0.0172. The third-order valence-corrected chi connectivity index (χ3v) is 2.83. The Labute approximate surface area is 94.6 Å². The van der Waals surface area contributed by atoms with Crippen molar-refractivity contribution < 1.29 is 9.90 Å². The zero-order valence-electron chi connectivity index (χ0n) is 8.07. The molecule has 78 valence electrons. The van der Waals surface area contributed by atoms with E-state index in [-0.39, 0.29) is 6.42 Å². The van der Waals surface area contributed by atoms with Gasteiger partial charge in [0.1, 0.15) is 4.60 Å². The van der Waals surface area contributed by atoms with Crippen LogP contribution in [0.25, 0.3) is 10.9 Å². The van der Waals surface area contributed by atoms with E-state index in [4.69, 9.17) is 5.11 Å².